The summed E-state index contributed by atoms with van der Waals surface area (Å²) in [5.74, 6) is 1.07. The van der Waals surface area contributed by atoms with Crippen LogP contribution < -0.4 is 5.32 Å². The van der Waals surface area contributed by atoms with E-state index in [0.29, 0.717) is 12.5 Å². The molecule has 5 rings (SSSR count). The van der Waals surface area contributed by atoms with Gasteiger partial charge in [0.1, 0.15) is 17.5 Å². The van der Waals surface area contributed by atoms with E-state index >= 15 is 0 Å². The molecule has 2 aromatic carbocycles. The summed E-state index contributed by atoms with van der Waals surface area (Å²) in [6.07, 6.45) is 4.58. The molecule has 3 heterocycles. The SMILES string of the molecule is CCCN(Cc1cccc(F)c1)C[C@@H]1CCc2nc(-c3ccc(F)cc3)c(-c3ccnc(NCCN(C)C)n3)n21. The van der Waals surface area contributed by atoms with Crippen LogP contribution >= 0.6 is 0 Å². The van der Waals surface area contributed by atoms with Crippen LogP contribution in [0.3, 0.4) is 0 Å². The Labute approximate surface area is 234 Å². The summed E-state index contributed by atoms with van der Waals surface area (Å²) >= 11 is 0. The van der Waals surface area contributed by atoms with Crippen LogP contribution in [0, 0.1) is 11.6 Å². The Morgan fingerprint density at radius 2 is 1.82 bits per heavy atom. The van der Waals surface area contributed by atoms with E-state index in [4.69, 9.17) is 9.97 Å². The molecule has 0 saturated heterocycles. The summed E-state index contributed by atoms with van der Waals surface area (Å²) in [5.41, 5.74) is 4.31. The molecule has 1 aliphatic rings. The number of likely N-dealkylation sites (N-methyl/N-ethyl adjacent to an activating group) is 1. The highest BCUT2D eigenvalue weighted by molar-refractivity contribution is 5.78. The molecule has 1 N–H and O–H groups in total. The molecule has 0 saturated carbocycles. The Hall–Kier alpha value is -3.69. The largest absolute Gasteiger partial charge is 0.353 e. The molecule has 210 valence electrons. The molecule has 0 unspecified atom stereocenters. The first-order valence-electron chi connectivity index (χ1n) is 14.0. The fraction of sp³-hybridized carbons (Fsp3) is 0.387. The van der Waals surface area contributed by atoms with Crippen molar-refractivity contribution in [2.24, 2.45) is 0 Å². The molecule has 7 nitrogen and oxygen atoms in total. The lowest BCUT2D eigenvalue weighted by molar-refractivity contribution is 0.227. The van der Waals surface area contributed by atoms with Crippen molar-refractivity contribution in [1.29, 1.82) is 0 Å². The van der Waals surface area contributed by atoms with Crippen molar-refractivity contribution in [3.63, 3.8) is 0 Å². The first-order valence-corrected chi connectivity index (χ1v) is 14.0. The predicted molar refractivity (Wildman–Crippen MR) is 155 cm³/mol. The van der Waals surface area contributed by atoms with Gasteiger partial charge in [0.25, 0.3) is 0 Å². The number of anilines is 1. The van der Waals surface area contributed by atoms with Crippen LogP contribution in [0.15, 0.2) is 60.8 Å². The minimum atomic E-state index is -0.281. The molecular formula is C31H37F2N7. The zero-order chi connectivity index (χ0) is 28.1. The molecule has 0 radical (unpaired) electrons. The minimum Gasteiger partial charge on any atom is -0.353 e. The number of hydrogen-bond donors (Lipinski definition) is 1. The van der Waals surface area contributed by atoms with E-state index in [1.165, 1.54) is 18.2 Å². The number of nitrogens with one attached hydrogen (secondary N) is 1. The quantitative estimate of drug-likeness (QED) is 0.248. The topological polar surface area (TPSA) is 62.1 Å². The van der Waals surface area contributed by atoms with Gasteiger partial charge in [-0.2, -0.15) is 0 Å². The molecule has 0 fully saturated rings. The molecule has 40 heavy (non-hydrogen) atoms. The Kier molecular flexibility index (Phi) is 8.81. The van der Waals surface area contributed by atoms with Gasteiger partial charge in [0, 0.05) is 50.4 Å². The van der Waals surface area contributed by atoms with Gasteiger partial charge in [0.05, 0.1) is 17.1 Å². The minimum absolute atomic E-state index is 0.173. The molecule has 1 atom stereocenters. The lowest BCUT2D eigenvalue weighted by atomic mass is 10.1. The van der Waals surface area contributed by atoms with Gasteiger partial charge < -0.3 is 14.8 Å². The number of benzene rings is 2. The number of aryl methyl sites for hydroxylation is 1. The van der Waals surface area contributed by atoms with Crippen molar-refractivity contribution in [1.82, 2.24) is 29.3 Å². The maximum absolute atomic E-state index is 13.9. The fourth-order valence-corrected chi connectivity index (χ4v) is 5.41. The monoisotopic (exact) mass is 545 g/mol. The van der Waals surface area contributed by atoms with Crippen molar-refractivity contribution >= 4 is 5.95 Å². The molecule has 0 amide bonds. The number of rotatable bonds is 12. The maximum atomic E-state index is 13.9. The number of fused-ring (bicyclic) bond motifs is 1. The number of halogens is 2. The first-order chi connectivity index (χ1) is 19.4. The van der Waals surface area contributed by atoms with E-state index in [1.54, 1.807) is 30.5 Å². The van der Waals surface area contributed by atoms with Crippen LogP contribution in [0.1, 0.15) is 37.2 Å². The molecule has 1 aliphatic heterocycles. The van der Waals surface area contributed by atoms with Crippen LogP contribution in [0.4, 0.5) is 14.7 Å². The summed E-state index contributed by atoms with van der Waals surface area (Å²) in [5, 5.41) is 3.32. The smallest absolute Gasteiger partial charge is 0.223 e. The number of hydrogen-bond acceptors (Lipinski definition) is 6. The van der Waals surface area contributed by atoms with Crippen LogP contribution in [-0.2, 0) is 13.0 Å². The zero-order valence-corrected chi connectivity index (χ0v) is 23.4. The van der Waals surface area contributed by atoms with Gasteiger partial charge in [0.2, 0.25) is 5.95 Å². The summed E-state index contributed by atoms with van der Waals surface area (Å²) in [6, 6.07) is 15.4. The lowest BCUT2D eigenvalue weighted by Gasteiger charge is -2.27. The van der Waals surface area contributed by atoms with Crippen LogP contribution in [0.5, 0.6) is 0 Å². The molecule has 4 aromatic rings. The third-order valence-electron chi connectivity index (χ3n) is 7.21. The Bertz CT molecular complexity index is 1420. The van der Waals surface area contributed by atoms with Crippen molar-refractivity contribution < 1.29 is 8.78 Å². The van der Waals surface area contributed by atoms with E-state index in [0.717, 1.165) is 79.5 Å². The predicted octanol–water partition coefficient (Wildman–Crippen LogP) is 5.66. The average molecular weight is 546 g/mol. The van der Waals surface area contributed by atoms with Crippen LogP contribution in [-0.4, -0.2) is 69.6 Å². The Morgan fingerprint density at radius 1 is 1.00 bits per heavy atom. The van der Waals surface area contributed by atoms with Crippen molar-refractivity contribution in [3.8, 4) is 22.6 Å². The molecule has 0 bridgehead atoms. The van der Waals surface area contributed by atoms with Crippen molar-refractivity contribution in [2.45, 2.75) is 38.8 Å². The summed E-state index contributed by atoms with van der Waals surface area (Å²) in [6.45, 7) is 6.14. The first kappa shape index (κ1) is 27.9. The third kappa shape index (κ3) is 6.54. The second kappa shape index (κ2) is 12.7. The molecular weight excluding hydrogens is 508 g/mol. The van der Waals surface area contributed by atoms with E-state index in [9.17, 15) is 8.78 Å². The van der Waals surface area contributed by atoms with Gasteiger partial charge in [-0.1, -0.05) is 19.1 Å². The van der Waals surface area contributed by atoms with Gasteiger partial charge in [-0.15, -0.1) is 0 Å². The van der Waals surface area contributed by atoms with E-state index < -0.39 is 0 Å². The van der Waals surface area contributed by atoms with E-state index in [2.05, 4.69) is 31.6 Å². The number of nitrogens with zero attached hydrogens (tertiary/aromatic N) is 6. The second-order valence-corrected chi connectivity index (χ2v) is 10.7. The normalized spacial score (nSPS) is 14.7. The highest BCUT2D eigenvalue weighted by atomic mass is 19.1. The van der Waals surface area contributed by atoms with Crippen LogP contribution in [0.25, 0.3) is 22.6 Å². The van der Waals surface area contributed by atoms with Crippen molar-refractivity contribution in [2.75, 3.05) is 45.6 Å². The van der Waals surface area contributed by atoms with Crippen molar-refractivity contribution in [3.05, 3.63) is 83.8 Å². The van der Waals surface area contributed by atoms with E-state index in [1.807, 2.05) is 26.2 Å². The second-order valence-electron chi connectivity index (χ2n) is 10.7. The summed E-state index contributed by atoms with van der Waals surface area (Å²) in [4.78, 5) is 18.9. The zero-order valence-electron chi connectivity index (χ0n) is 23.4. The number of imidazole rings is 1. The fourth-order valence-electron chi connectivity index (χ4n) is 5.41. The molecule has 0 spiro atoms. The molecule has 9 heteroatoms. The highest BCUT2D eigenvalue weighted by Gasteiger charge is 2.32. The third-order valence-corrected chi connectivity index (χ3v) is 7.21. The van der Waals surface area contributed by atoms with Gasteiger partial charge in [0.15, 0.2) is 0 Å². The Morgan fingerprint density at radius 3 is 2.58 bits per heavy atom. The standard InChI is InChI=1S/C31H37F2N7/c1-4-17-39(20-22-6-5-7-25(33)19-22)21-26-12-13-28-37-29(23-8-10-24(32)11-9-23)30(40(26)28)27-14-15-34-31(36-27)35-16-18-38(2)3/h5-11,14-15,19,26H,4,12-13,16-18,20-21H2,1-3H3,(H,34,35,36)/t26-/m0/s1. The van der Waals surface area contributed by atoms with Gasteiger partial charge in [-0.3, -0.25) is 4.90 Å². The summed E-state index contributed by atoms with van der Waals surface area (Å²) < 4.78 is 30.0. The Balaban J connectivity index is 1.50. The lowest BCUT2D eigenvalue weighted by Crippen LogP contribution is -2.30. The summed E-state index contributed by atoms with van der Waals surface area (Å²) in [7, 11) is 4.06. The molecule has 2 aromatic heterocycles. The van der Waals surface area contributed by atoms with E-state index in [-0.39, 0.29) is 17.7 Å². The highest BCUT2D eigenvalue weighted by Crippen LogP contribution is 2.39. The number of aromatic nitrogens is 4. The van der Waals surface area contributed by atoms with Gasteiger partial charge in [-0.25, -0.2) is 23.7 Å². The average Bonchev–Trinajstić information content (AvgIpc) is 3.49. The van der Waals surface area contributed by atoms with Crippen LogP contribution in [0.2, 0.25) is 0 Å². The molecule has 0 aliphatic carbocycles. The van der Waals surface area contributed by atoms with Gasteiger partial charge in [-0.05, 0) is 81.5 Å². The maximum Gasteiger partial charge on any atom is 0.223 e. The van der Waals surface area contributed by atoms with Gasteiger partial charge >= 0.3 is 0 Å².